The summed E-state index contributed by atoms with van der Waals surface area (Å²) in [5, 5.41) is 12.7. The third-order valence-electron chi connectivity index (χ3n) is 6.52. The van der Waals surface area contributed by atoms with Crippen LogP contribution in [0.4, 0.5) is 0 Å². The molecule has 1 aromatic rings. The Morgan fingerprint density at radius 1 is 1.03 bits per heavy atom. The van der Waals surface area contributed by atoms with Crippen molar-refractivity contribution >= 4 is 11.8 Å². The van der Waals surface area contributed by atoms with E-state index >= 15 is 0 Å². The van der Waals surface area contributed by atoms with Gasteiger partial charge in [-0.2, -0.15) is 0 Å². The Hall–Kier alpha value is -2.12. The van der Waals surface area contributed by atoms with Gasteiger partial charge in [0.1, 0.15) is 11.9 Å². The number of benzene rings is 1. The van der Waals surface area contributed by atoms with E-state index in [9.17, 15) is 14.7 Å². The first-order chi connectivity index (χ1) is 15.1. The number of ether oxygens (including phenoxy) is 1. The number of β-amino-alcohol motifs (C(OH)–C–C–N with tert-alkyl or cyclic N) is 1. The minimum Gasteiger partial charge on any atom is -0.490 e. The van der Waals surface area contributed by atoms with Crippen molar-refractivity contribution in [3.8, 4) is 5.75 Å². The summed E-state index contributed by atoms with van der Waals surface area (Å²) < 4.78 is 6.07. The van der Waals surface area contributed by atoms with E-state index in [-0.39, 0.29) is 24.0 Å². The number of carbonyl (C=O) groups excluding carboxylic acids is 2. The van der Waals surface area contributed by atoms with Crippen LogP contribution in [-0.2, 0) is 4.79 Å². The van der Waals surface area contributed by atoms with Crippen LogP contribution in [0, 0.1) is 5.92 Å². The molecule has 2 saturated heterocycles. The van der Waals surface area contributed by atoms with Crippen LogP contribution in [0.2, 0.25) is 0 Å². The monoisotopic (exact) mass is 429 g/mol. The molecular formula is C24H35N3O4. The fraction of sp³-hybridized carbons (Fsp3) is 0.667. The fourth-order valence-electron chi connectivity index (χ4n) is 4.50. The summed E-state index contributed by atoms with van der Waals surface area (Å²) in [7, 11) is 0. The van der Waals surface area contributed by atoms with E-state index in [0.717, 1.165) is 83.4 Å². The summed E-state index contributed by atoms with van der Waals surface area (Å²) >= 11 is 0. The molecule has 0 unspecified atom stereocenters. The van der Waals surface area contributed by atoms with Gasteiger partial charge in [0.2, 0.25) is 5.91 Å². The molecule has 1 aromatic carbocycles. The van der Waals surface area contributed by atoms with Crippen LogP contribution in [0.5, 0.6) is 5.75 Å². The second kappa shape index (κ2) is 10.5. The molecule has 0 bridgehead atoms. The fourth-order valence-corrected chi connectivity index (χ4v) is 4.50. The van der Waals surface area contributed by atoms with E-state index in [2.05, 4.69) is 10.2 Å². The standard InChI is InChI=1S/C24H35N3O4/c28-20-3-1-13-26(17-20)14-2-12-25-23(29)18-6-8-21(9-7-18)31-22-10-15-27(16-11-22)24(30)19-4-5-19/h6-9,19-20,22,28H,1-5,10-17H2,(H,25,29)/t20-/m1/s1. The van der Waals surface area contributed by atoms with E-state index in [1.165, 1.54) is 0 Å². The molecule has 7 nitrogen and oxygen atoms in total. The Bertz CT molecular complexity index is 742. The molecular weight excluding hydrogens is 394 g/mol. The Morgan fingerprint density at radius 2 is 1.77 bits per heavy atom. The molecule has 1 aliphatic carbocycles. The molecule has 4 rings (SSSR count). The number of amides is 2. The van der Waals surface area contributed by atoms with E-state index in [1.54, 1.807) is 12.1 Å². The van der Waals surface area contributed by atoms with Gasteiger partial charge in [-0.15, -0.1) is 0 Å². The Kier molecular flexibility index (Phi) is 7.45. The van der Waals surface area contributed by atoms with Crippen molar-refractivity contribution in [1.82, 2.24) is 15.1 Å². The largest absolute Gasteiger partial charge is 0.490 e. The number of rotatable bonds is 8. The molecule has 2 aliphatic heterocycles. The van der Waals surface area contributed by atoms with Crippen molar-refractivity contribution in [2.75, 3.05) is 39.3 Å². The van der Waals surface area contributed by atoms with Crippen LogP contribution in [0.1, 0.15) is 55.3 Å². The van der Waals surface area contributed by atoms with Crippen LogP contribution in [0.25, 0.3) is 0 Å². The summed E-state index contributed by atoms with van der Waals surface area (Å²) in [5.41, 5.74) is 0.630. The lowest BCUT2D eigenvalue weighted by molar-refractivity contribution is -0.134. The molecule has 1 atom stereocenters. The van der Waals surface area contributed by atoms with Crippen LogP contribution in [-0.4, -0.2) is 78.2 Å². The number of carbonyl (C=O) groups is 2. The lowest BCUT2D eigenvalue weighted by Crippen LogP contribution is -2.42. The minimum absolute atomic E-state index is 0.0721. The smallest absolute Gasteiger partial charge is 0.251 e. The van der Waals surface area contributed by atoms with Gasteiger partial charge < -0.3 is 25.0 Å². The molecule has 2 N–H and O–H groups in total. The first kappa shape index (κ1) is 22.1. The van der Waals surface area contributed by atoms with E-state index in [0.29, 0.717) is 18.0 Å². The highest BCUT2D eigenvalue weighted by Gasteiger charge is 2.35. The van der Waals surface area contributed by atoms with Gasteiger partial charge in [-0.25, -0.2) is 0 Å². The van der Waals surface area contributed by atoms with Gasteiger partial charge in [0.05, 0.1) is 6.10 Å². The van der Waals surface area contributed by atoms with Gasteiger partial charge in [0.25, 0.3) is 5.91 Å². The van der Waals surface area contributed by atoms with Gasteiger partial charge >= 0.3 is 0 Å². The van der Waals surface area contributed by atoms with Crippen molar-refractivity contribution in [3.05, 3.63) is 29.8 Å². The summed E-state index contributed by atoms with van der Waals surface area (Å²) in [6, 6.07) is 7.31. The van der Waals surface area contributed by atoms with E-state index in [1.807, 2.05) is 17.0 Å². The van der Waals surface area contributed by atoms with Crippen molar-refractivity contribution in [1.29, 1.82) is 0 Å². The molecule has 2 amide bonds. The maximum atomic E-state index is 12.4. The molecule has 2 heterocycles. The van der Waals surface area contributed by atoms with Crippen molar-refractivity contribution < 1.29 is 19.4 Å². The Morgan fingerprint density at radius 3 is 2.45 bits per heavy atom. The maximum Gasteiger partial charge on any atom is 0.251 e. The molecule has 7 heteroatoms. The number of nitrogens with zero attached hydrogens (tertiary/aromatic N) is 2. The summed E-state index contributed by atoms with van der Waals surface area (Å²) in [5.74, 6) is 1.31. The van der Waals surface area contributed by atoms with Gasteiger partial charge in [0, 0.05) is 50.5 Å². The summed E-state index contributed by atoms with van der Waals surface area (Å²) in [6.45, 7) is 4.85. The Labute approximate surface area is 184 Å². The van der Waals surface area contributed by atoms with Crippen LogP contribution in [0.3, 0.4) is 0 Å². The third kappa shape index (κ3) is 6.43. The maximum absolute atomic E-state index is 12.4. The topological polar surface area (TPSA) is 82.1 Å². The highest BCUT2D eigenvalue weighted by atomic mass is 16.5. The molecule has 3 fully saturated rings. The van der Waals surface area contributed by atoms with Gasteiger partial charge in [-0.3, -0.25) is 9.59 Å². The second-order valence-electron chi connectivity index (χ2n) is 9.15. The number of hydrogen-bond donors (Lipinski definition) is 2. The highest BCUT2D eigenvalue weighted by molar-refractivity contribution is 5.94. The van der Waals surface area contributed by atoms with Crippen molar-refractivity contribution in [3.63, 3.8) is 0 Å². The summed E-state index contributed by atoms with van der Waals surface area (Å²) in [4.78, 5) is 28.8. The number of nitrogens with one attached hydrogen (secondary N) is 1. The Balaban J connectivity index is 1.14. The zero-order valence-electron chi connectivity index (χ0n) is 18.3. The second-order valence-corrected chi connectivity index (χ2v) is 9.15. The number of piperidine rings is 2. The molecule has 3 aliphatic rings. The minimum atomic E-state index is -0.207. The number of aliphatic hydroxyl groups excluding tert-OH is 1. The molecule has 31 heavy (non-hydrogen) atoms. The first-order valence-electron chi connectivity index (χ1n) is 11.8. The van der Waals surface area contributed by atoms with Crippen LogP contribution < -0.4 is 10.1 Å². The van der Waals surface area contributed by atoms with Gasteiger partial charge in [-0.05, 0) is 69.5 Å². The molecule has 170 valence electrons. The molecule has 0 radical (unpaired) electrons. The molecule has 0 aromatic heterocycles. The van der Waals surface area contributed by atoms with Crippen molar-refractivity contribution in [2.45, 2.75) is 57.2 Å². The predicted octanol–water partition coefficient (Wildman–Crippen LogP) is 2.04. The lowest BCUT2D eigenvalue weighted by atomic mass is 10.1. The SMILES string of the molecule is O=C(NCCCN1CCC[C@@H](O)C1)c1ccc(OC2CCN(C(=O)C3CC3)CC2)cc1. The van der Waals surface area contributed by atoms with Crippen LogP contribution in [0.15, 0.2) is 24.3 Å². The molecule has 1 saturated carbocycles. The number of aliphatic hydroxyl groups is 1. The van der Waals surface area contributed by atoms with E-state index < -0.39 is 0 Å². The van der Waals surface area contributed by atoms with Crippen molar-refractivity contribution in [2.24, 2.45) is 5.92 Å². The van der Waals surface area contributed by atoms with Crippen LogP contribution >= 0.6 is 0 Å². The number of likely N-dealkylation sites (tertiary alicyclic amines) is 2. The average Bonchev–Trinajstić information content (AvgIpc) is 3.63. The van der Waals surface area contributed by atoms with Gasteiger partial charge in [0.15, 0.2) is 0 Å². The zero-order chi connectivity index (χ0) is 21.6. The third-order valence-corrected chi connectivity index (χ3v) is 6.52. The number of hydrogen-bond acceptors (Lipinski definition) is 5. The van der Waals surface area contributed by atoms with Gasteiger partial charge in [-0.1, -0.05) is 0 Å². The quantitative estimate of drug-likeness (QED) is 0.618. The van der Waals surface area contributed by atoms with E-state index in [4.69, 9.17) is 4.74 Å². The molecule has 0 spiro atoms. The summed E-state index contributed by atoms with van der Waals surface area (Å²) in [6.07, 6.45) is 6.55. The lowest BCUT2D eigenvalue weighted by Gasteiger charge is -2.32. The average molecular weight is 430 g/mol. The predicted molar refractivity (Wildman–Crippen MR) is 118 cm³/mol. The highest BCUT2D eigenvalue weighted by Crippen LogP contribution is 2.32. The first-order valence-corrected chi connectivity index (χ1v) is 11.8. The normalized spacial score (nSPS) is 22.9. The zero-order valence-corrected chi connectivity index (χ0v) is 18.3.